The molecule has 0 unspecified atom stereocenters. The third-order valence-corrected chi connectivity index (χ3v) is 3.01. The summed E-state index contributed by atoms with van der Waals surface area (Å²) in [6, 6.07) is 6.97. The zero-order chi connectivity index (χ0) is 15.4. The Morgan fingerprint density at radius 3 is 2.62 bits per heavy atom. The highest BCUT2D eigenvalue weighted by Crippen LogP contribution is 2.20. The van der Waals surface area contributed by atoms with Gasteiger partial charge in [-0.3, -0.25) is 15.3 Å². The van der Waals surface area contributed by atoms with Crippen LogP contribution in [0.3, 0.4) is 0 Å². The molecule has 2 aromatic rings. The SMILES string of the molecule is COc1ccc(N=Nc2c(C)[nH]n(C(=S)NN)c2=O)cc1. The second kappa shape index (κ2) is 6.29. The molecule has 0 atom stereocenters. The number of hydrogen-bond acceptors (Lipinski definition) is 6. The van der Waals surface area contributed by atoms with Crippen LogP contribution < -0.4 is 21.6 Å². The van der Waals surface area contributed by atoms with Crippen LogP contribution in [0.25, 0.3) is 0 Å². The first-order valence-corrected chi connectivity index (χ1v) is 6.36. The van der Waals surface area contributed by atoms with E-state index in [1.165, 1.54) is 0 Å². The fraction of sp³-hybridized carbons (Fsp3) is 0.167. The van der Waals surface area contributed by atoms with Crippen LogP contribution in [0.1, 0.15) is 5.69 Å². The van der Waals surface area contributed by atoms with Gasteiger partial charge in [-0.05, 0) is 43.4 Å². The van der Waals surface area contributed by atoms with Crippen LogP contribution in [0.2, 0.25) is 0 Å². The van der Waals surface area contributed by atoms with Gasteiger partial charge >= 0.3 is 5.56 Å². The number of azo groups is 1. The largest absolute Gasteiger partial charge is 0.497 e. The maximum atomic E-state index is 12.1. The van der Waals surface area contributed by atoms with Crippen molar-refractivity contribution >= 4 is 28.7 Å². The third kappa shape index (κ3) is 3.15. The van der Waals surface area contributed by atoms with E-state index in [-0.39, 0.29) is 10.8 Å². The monoisotopic (exact) mass is 306 g/mol. The molecule has 0 bridgehead atoms. The summed E-state index contributed by atoms with van der Waals surface area (Å²) >= 11 is 4.90. The van der Waals surface area contributed by atoms with Crippen molar-refractivity contribution in [2.45, 2.75) is 6.92 Å². The van der Waals surface area contributed by atoms with Crippen LogP contribution in [0.4, 0.5) is 11.4 Å². The first-order chi connectivity index (χ1) is 10.1. The summed E-state index contributed by atoms with van der Waals surface area (Å²) in [5.74, 6) is 5.90. The molecule has 4 N–H and O–H groups in total. The van der Waals surface area contributed by atoms with E-state index in [1.54, 1.807) is 38.3 Å². The second-order valence-electron chi connectivity index (χ2n) is 4.07. The summed E-state index contributed by atoms with van der Waals surface area (Å²) in [4.78, 5) is 12.1. The molecule has 0 saturated carbocycles. The number of methoxy groups -OCH3 is 1. The Balaban J connectivity index is 2.30. The molecule has 21 heavy (non-hydrogen) atoms. The number of ether oxygens (including phenoxy) is 1. The Morgan fingerprint density at radius 2 is 2.05 bits per heavy atom. The lowest BCUT2D eigenvalue weighted by Crippen LogP contribution is -2.39. The molecule has 2 rings (SSSR count). The van der Waals surface area contributed by atoms with Crippen LogP contribution >= 0.6 is 12.2 Å². The average molecular weight is 306 g/mol. The van der Waals surface area contributed by atoms with E-state index in [9.17, 15) is 4.79 Å². The van der Waals surface area contributed by atoms with Gasteiger partial charge in [-0.15, -0.1) is 5.11 Å². The van der Waals surface area contributed by atoms with E-state index in [2.05, 4.69) is 20.8 Å². The number of nitrogens with two attached hydrogens (primary N) is 1. The number of aryl methyl sites for hydroxylation is 1. The van der Waals surface area contributed by atoms with Gasteiger partial charge in [0, 0.05) is 0 Å². The predicted molar refractivity (Wildman–Crippen MR) is 82.3 cm³/mol. The van der Waals surface area contributed by atoms with Crippen LogP contribution in [0.5, 0.6) is 5.75 Å². The summed E-state index contributed by atoms with van der Waals surface area (Å²) in [6.07, 6.45) is 0. The zero-order valence-electron chi connectivity index (χ0n) is 11.5. The van der Waals surface area contributed by atoms with Crippen LogP contribution in [0.15, 0.2) is 39.3 Å². The molecular weight excluding hydrogens is 292 g/mol. The summed E-state index contributed by atoms with van der Waals surface area (Å²) in [7, 11) is 1.58. The molecule has 0 aliphatic carbocycles. The van der Waals surface area contributed by atoms with Crippen molar-refractivity contribution in [2.75, 3.05) is 7.11 Å². The number of H-pyrrole nitrogens is 1. The molecule has 0 spiro atoms. The van der Waals surface area contributed by atoms with Crippen molar-refractivity contribution < 1.29 is 4.74 Å². The number of hydrogen-bond donors (Lipinski definition) is 3. The number of aromatic amines is 1. The van der Waals surface area contributed by atoms with Crippen molar-refractivity contribution in [3.63, 3.8) is 0 Å². The fourth-order valence-electron chi connectivity index (χ4n) is 1.62. The van der Waals surface area contributed by atoms with Crippen LogP contribution in [0, 0.1) is 6.92 Å². The standard InChI is InChI=1S/C12H14N6O2S/c1-7-10(11(19)18(17-7)12(21)14-13)16-15-8-3-5-9(20-2)6-4-8/h3-6,17H,13H2,1-2H3,(H,14,21). The summed E-state index contributed by atoms with van der Waals surface area (Å²) in [5.41, 5.74) is 3.11. The van der Waals surface area contributed by atoms with E-state index in [1.807, 2.05) is 0 Å². The minimum absolute atomic E-state index is 0.0500. The molecule has 0 amide bonds. The van der Waals surface area contributed by atoms with Crippen LogP contribution in [-0.4, -0.2) is 22.0 Å². The zero-order valence-corrected chi connectivity index (χ0v) is 12.3. The van der Waals surface area contributed by atoms with Crippen molar-refractivity contribution in [1.29, 1.82) is 0 Å². The number of benzene rings is 1. The second-order valence-corrected chi connectivity index (χ2v) is 4.46. The predicted octanol–water partition coefficient (Wildman–Crippen LogP) is 1.51. The summed E-state index contributed by atoms with van der Waals surface area (Å²) in [6.45, 7) is 1.69. The van der Waals surface area contributed by atoms with Crippen molar-refractivity contribution in [2.24, 2.45) is 16.1 Å². The molecule has 0 aliphatic heterocycles. The van der Waals surface area contributed by atoms with Crippen molar-refractivity contribution in [1.82, 2.24) is 15.2 Å². The van der Waals surface area contributed by atoms with Gasteiger partial charge in [0.2, 0.25) is 5.11 Å². The normalized spacial score (nSPS) is 10.8. The van der Waals surface area contributed by atoms with Crippen molar-refractivity contribution in [3.05, 3.63) is 40.3 Å². The highest BCUT2D eigenvalue weighted by molar-refractivity contribution is 7.80. The molecule has 0 fully saturated rings. The van der Waals surface area contributed by atoms with Gasteiger partial charge in [0.1, 0.15) is 5.75 Å². The molecule has 1 heterocycles. The maximum Gasteiger partial charge on any atom is 0.301 e. The average Bonchev–Trinajstić information content (AvgIpc) is 2.79. The number of aromatic nitrogens is 2. The number of hydrazine groups is 1. The molecule has 8 nitrogen and oxygen atoms in total. The highest BCUT2D eigenvalue weighted by Gasteiger charge is 2.12. The molecule has 1 aromatic carbocycles. The molecule has 1 aromatic heterocycles. The lowest BCUT2D eigenvalue weighted by molar-refractivity contribution is 0.415. The van der Waals surface area contributed by atoms with Crippen molar-refractivity contribution in [3.8, 4) is 5.75 Å². The topological polar surface area (TPSA) is 110 Å². The van der Waals surface area contributed by atoms with Gasteiger partial charge in [0.05, 0.1) is 18.5 Å². The number of thiocarbonyl (C=S) groups is 1. The molecule has 9 heteroatoms. The first-order valence-electron chi connectivity index (χ1n) is 5.95. The lowest BCUT2D eigenvalue weighted by Gasteiger charge is -1.99. The molecular formula is C12H14N6O2S. The van der Waals surface area contributed by atoms with E-state index in [4.69, 9.17) is 22.8 Å². The first kappa shape index (κ1) is 14.9. The Labute approximate surface area is 125 Å². The Kier molecular flexibility index (Phi) is 4.45. The molecule has 0 aliphatic rings. The molecule has 110 valence electrons. The smallest absolute Gasteiger partial charge is 0.301 e. The fourth-order valence-corrected chi connectivity index (χ4v) is 1.75. The minimum Gasteiger partial charge on any atom is -0.497 e. The van der Waals surface area contributed by atoms with E-state index in [0.29, 0.717) is 17.1 Å². The van der Waals surface area contributed by atoms with E-state index < -0.39 is 5.56 Å². The minimum atomic E-state index is -0.423. The Morgan fingerprint density at radius 1 is 1.38 bits per heavy atom. The Hall–Kier alpha value is -2.52. The number of rotatable bonds is 3. The molecule has 0 saturated heterocycles. The number of nitrogens with zero attached hydrogens (tertiary/aromatic N) is 3. The summed E-state index contributed by atoms with van der Waals surface area (Å²) < 4.78 is 6.14. The summed E-state index contributed by atoms with van der Waals surface area (Å²) in [5, 5.41) is 10.8. The Bertz CT molecular complexity index is 731. The van der Waals surface area contributed by atoms with Gasteiger partial charge in [-0.25, -0.2) is 5.84 Å². The van der Waals surface area contributed by atoms with Gasteiger partial charge in [0.15, 0.2) is 5.69 Å². The highest BCUT2D eigenvalue weighted by atomic mass is 32.1. The van der Waals surface area contributed by atoms with Gasteiger partial charge in [0.25, 0.3) is 0 Å². The maximum absolute atomic E-state index is 12.1. The van der Waals surface area contributed by atoms with E-state index in [0.717, 1.165) is 4.68 Å². The number of nitrogens with one attached hydrogen (secondary N) is 2. The quantitative estimate of drug-likeness (QED) is 0.344. The van der Waals surface area contributed by atoms with Gasteiger partial charge < -0.3 is 4.74 Å². The van der Waals surface area contributed by atoms with Crippen LogP contribution in [-0.2, 0) is 0 Å². The van der Waals surface area contributed by atoms with Gasteiger partial charge in [-0.1, -0.05) is 0 Å². The third-order valence-electron chi connectivity index (χ3n) is 2.70. The molecule has 0 radical (unpaired) electrons. The van der Waals surface area contributed by atoms with Gasteiger partial charge in [-0.2, -0.15) is 9.80 Å². The van der Waals surface area contributed by atoms with E-state index >= 15 is 0 Å². The lowest BCUT2D eigenvalue weighted by atomic mass is 10.3.